The van der Waals surface area contributed by atoms with E-state index in [1.165, 1.54) is 5.56 Å². The van der Waals surface area contributed by atoms with Crippen LogP contribution in [0, 0.1) is 0 Å². The van der Waals surface area contributed by atoms with Crippen molar-refractivity contribution in [3.63, 3.8) is 0 Å². The molecule has 0 amide bonds. The third-order valence-corrected chi connectivity index (χ3v) is 2.43. The first-order valence-electron chi connectivity index (χ1n) is 4.41. The number of rotatable bonds is 2. The molecule has 70 valence electrons. The van der Waals surface area contributed by atoms with Crippen molar-refractivity contribution in [1.82, 2.24) is 5.32 Å². The Balaban J connectivity index is 2.26. The van der Waals surface area contributed by atoms with Gasteiger partial charge in [-0.1, -0.05) is 6.07 Å². The predicted octanol–water partition coefficient (Wildman–Crippen LogP) is 1.44. The molecule has 3 nitrogen and oxygen atoms in total. The summed E-state index contributed by atoms with van der Waals surface area (Å²) in [6.07, 6.45) is 1.16. The quantitative estimate of drug-likeness (QED) is 0.721. The molecular weight excluding hydrogens is 166 g/mol. The van der Waals surface area contributed by atoms with E-state index in [0.29, 0.717) is 11.8 Å². The zero-order chi connectivity index (χ0) is 9.26. The van der Waals surface area contributed by atoms with E-state index in [-0.39, 0.29) is 5.75 Å². The number of nitrogens with one attached hydrogen (secondary N) is 1. The Morgan fingerprint density at radius 2 is 2.31 bits per heavy atom. The number of ether oxygens (including phenoxy) is 1. The summed E-state index contributed by atoms with van der Waals surface area (Å²) in [7, 11) is 1.56. The molecule has 1 aromatic rings. The van der Waals surface area contributed by atoms with Crippen molar-refractivity contribution in [3.05, 3.63) is 23.8 Å². The molecule has 1 heterocycles. The Morgan fingerprint density at radius 1 is 1.54 bits per heavy atom. The Labute approximate surface area is 77.3 Å². The van der Waals surface area contributed by atoms with E-state index in [2.05, 4.69) is 5.32 Å². The second kappa shape index (κ2) is 3.26. The van der Waals surface area contributed by atoms with E-state index in [1.807, 2.05) is 12.1 Å². The van der Waals surface area contributed by atoms with E-state index in [0.717, 1.165) is 13.0 Å². The molecule has 1 fully saturated rings. The van der Waals surface area contributed by atoms with Crippen molar-refractivity contribution in [2.45, 2.75) is 12.5 Å². The first-order valence-corrected chi connectivity index (χ1v) is 4.41. The molecule has 3 heteroatoms. The Morgan fingerprint density at radius 3 is 2.85 bits per heavy atom. The van der Waals surface area contributed by atoms with Gasteiger partial charge >= 0.3 is 0 Å². The highest BCUT2D eigenvalue weighted by molar-refractivity contribution is 5.43. The van der Waals surface area contributed by atoms with Crippen molar-refractivity contribution >= 4 is 0 Å². The van der Waals surface area contributed by atoms with Crippen LogP contribution in [0.15, 0.2) is 18.2 Å². The van der Waals surface area contributed by atoms with E-state index in [4.69, 9.17) is 4.74 Å². The van der Waals surface area contributed by atoms with Gasteiger partial charge in [0.25, 0.3) is 0 Å². The minimum atomic E-state index is 0.200. The SMILES string of the molecule is COc1cc(C2CCN2)ccc1O. The van der Waals surface area contributed by atoms with Gasteiger partial charge in [0.2, 0.25) is 0 Å². The van der Waals surface area contributed by atoms with Crippen molar-refractivity contribution < 1.29 is 9.84 Å². The minimum absolute atomic E-state index is 0.200. The molecule has 0 bridgehead atoms. The summed E-state index contributed by atoms with van der Waals surface area (Å²) < 4.78 is 5.03. The third kappa shape index (κ3) is 1.47. The fourth-order valence-corrected chi connectivity index (χ4v) is 1.48. The monoisotopic (exact) mass is 179 g/mol. The van der Waals surface area contributed by atoms with E-state index >= 15 is 0 Å². The van der Waals surface area contributed by atoms with Crippen LogP contribution in [0.4, 0.5) is 0 Å². The molecule has 1 aliphatic heterocycles. The lowest BCUT2D eigenvalue weighted by Crippen LogP contribution is -2.34. The first kappa shape index (κ1) is 8.38. The van der Waals surface area contributed by atoms with Gasteiger partial charge in [0.1, 0.15) is 0 Å². The van der Waals surface area contributed by atoms with Crippen LogP contribution in [0.5, 0.6) is 11.5 Å². The molecule has 1 atom stereocenters. The molecular formula is C10H13NO2. The maximum Gasteiger partial charge on any atom is 0.160 e. The van der Waals surface area contributed by atoms with Gasteiger partial charge < -0.3 is 15.2 Å². The number of aromatic hydroxyl groups is 1. The average molecular weight is 179 g/mol. The number of hydrogen-bond acceptors (Lipinski definition) is 3. The molecule has 1 aliphatic rings. The largest absolute Gasteiger partial charge is 0.504 e. The maximum atomic E-state index is 9.36. The summed E-state index contributed by atoms with van der Waals surface area (Å²) >= 11 is 0. The maximum absolute atomic E-state index is 9.36. The zero-order valence-corrected chi connectivity index (χ0v) is 7.58. The highest BCUT2D eigenvalue weighted by Crippen LogP contribution is 2.31. The third-order valence-electron chi connectivity index (χ3n) is 2.43. The highest BCUT2D eigenvalue weighted by atomic mass is 16.5. The molecule has 1 unspecified atom stereocenters. The van der Waals surface area contributed by atoms with Crippen molar-refractivity contribution in [2.75, 3.05) is 13.7 Å². The highest BCUT2D eigenvalue weighted by Gasteiger charge is 2.19. The van der Waals surface area contributed by atoms with Gasteiger partial charge in [-0.2, -0.15) is 0 Å². The molecule has 0 spiro atoms. The van der Waals surface area contributed by atoms with Crippen LogP contribution in [0.25, 0.3) is 0 Å². The van der Waals surface area contributed by atoms with Gasteiger partial charge in [-0.15, -0.1) is 0 Å². The minimum Gasteiger partial charge on any atom is -0.504 e. The zero-order valence-electron chi connectivity index (χ0n) is 7.58. The van der Waals surface area contributed by atoms with E-state index in [9.17, 15) is 5.11 Å². The normalized spacial score (nSPS) is 20.8. The number of hydrogen-bond donors (Lipinski definition) is 2. The van der Waals surface area contributed by atoms with Crippen LogP contribution in [-0.2, 0) is 0 Å². The number of phenolic OH excluding ortho intramolecular Hbond substituents is 1. The molecule has 2 N–H and O–H groups in total. The molecule has 2 rings (SSSR count). The van der Waals surface area contributed by atoms with Crippen molar-refractivity contribution in [1.29, 1.82) is 0 Å². The second-order valence-electron chi connectivity index (χ2n) is 3.23. The number of phenols is 1. The van der Waals surface area contributed by atoms with Crippen LogP contribution in [0.3, 0.4) is 0 Å². The standard InChI is InChI=1S/C10H13NO2/c1-13-10-6-7(2-3-9(10)12)8-4-5-11-8/h2-3,6,8,11-12H,4-5H2,1H3. The topological polar surface area (TPSA) is 41.5 Å². The lowest BCUT2D eigenvalue weighted by molar-refractivity contribution is 0.362. The number of benzene rings is 1. The fraction of sp³-hybridized carbons (Fsp3) is 0.400. The Kier molecular flexibility index (Phi) is 2.10. The summed E-state index contributed by atoms with van der Waals surface area (Å²) in [6, 6.07) is 5.92. The van der Waals surface area contributed by atoms with Crippen LogP contribution in [0.2, 0.25) is 0 Å². The molecule has 0 saturated carbocycles. The second-order valence-corrected chi connectivity index (χ2v) is 3.23. The van der Waals surface area contributed by atoms with Crippen molar-refractivity contribution in [3.8, 4) is 11.5 Å². The van der Waals surface area contributed by atoms with Gasteiger partial charge in [-0.3, -0.25) is 0 Å². The summed E-state index contributed by atoms with van der Waals surface area (Å²) in [5, 5.41) is 12.7. The van der Waals surface area contributed by atoms with Gasteiger partial charge in [-0.25, -0.2) is 0 Å². The molecule has 0 aliphatic carbocycles. The Hall–Kier alpha value is -1.22. The summed E-state index contributed by atoms with van der Waals surface area (Å²) in [4.78, 5) is 0. The van der Waals surface area contributed by atoms with Gasteiger partial charge in [0.15, 0.2) is 11.5 Å². The predicted molar refractivity (Wildman–Crippen MR) is 50.0 cm³/mol. The van der Waals surface area contributed by atoms with Gasteiger partial charge in [0, 0.05) is 6.04 Å². The van der Waals surface area contributed by atoms with Crippen LogP contribution < -0.4 is 10.1 Å². The molecule has 1 saturated heterocycles. The van der Waals surface area contributed by atoms with Crippen LogP contribution in [0.1, 0.15) is 18.0 Å². The van der Waals surface area contributed by atoms with Crippen molar-refractivity contribution in [2.24, 2.45) is 0 Å². The smallest absolute Gasteiger partial charge is 0.160 e. The first-order chi connectivity index (χ1) is 6.31. The van der Waals surface area contributed by atoms with Crippen LogP contribution in [-0.4, -0.2) is 18.8 Å². The average Bonchev–Trinajstić information content (AvgIpc) is 2.05. The fourth-order valence-electron chi connectivity index (χ4n) is 1.48. The molecule has 0 radical (unpaired) electrons. The Bertz CT molecular complexity index is 308. The summed E-state index contributed by atoms with van der Waals surface area (Å²) in [6.45, 7) is 1.08. The molecule has 0 aromatic heterocycles. The summed E-state index contributed by atoms with van der Waals surface area (Å²) in [5.74, 6) is 0.747. The van der Waals surface area contributed by atoms with Gasteiger partial charge in [0.05, 0.1) is 7.11 Å². The number of methoxy groups -OCH3 is 1. The molecule has 1 aromatic carbocycles. The molecule has 13 heavy (non-hydrogen) atoms. The van der Waals surface area contributed by atoms with Gasteiger partial charge in [-0.05, 0) is 30.7 Å². The summed E-state index contributed by atoms with van der Waals surface area (Å²) in [5.41, 5.74) is 1.18. The van der Waals surface area contributed by atoms with Crippen LogP contribution >= 0.6 is 0 Å². The lowest BCUT2D eigenvalue weighted by atomic mass is 9.98. The lowest BCUT2D eigenvalue weighted by Gasteiger charge is -2.28. The van der Waals surface area contributed by atoms with E-state index in [1.54, 1.807) is 13.2 Å². The van der Waals surface area contributed by atoms with E-state index < -0.39 is 0 Å².